The standard InChI is InChI=1S/C14H11ClF2N2/c1-9-5-6-10(7-12(9)15)19-18-8-11-13(16)3-2-4-14(11)17/h2-8,19H,1H3. The molecule has 2 aromatic rings. The second-order valence-corrected chi connectivity index (χ2v) is 4.38. The maximum atomic E-state index is 13.3. The molecule has 0 heterocycles. The van der Waals surface area contributed by atoms with Gasteiger partial charge in [0.25, 0.3) is 0 Å². The first-order valence-electron chi connectivity index (χ1n) is 5.57. The highest BCUT2D eigenvalue weighted by atomic mass is 35.5. The minimum Gasteiger partial charge on any atom is -0.278 e. The second-order valence-electron chi connectivity index (χ2n) is 3.97. The van der Waals surface area contributed by atoms with E-state index >= 15 is 0 Å². The number of rotatable bonds is 3. The summed E-state index contributed by atoms with van der Waals surface area (Å²) >= 11 is 5.95. The molecule has 0 saturated heterocycles. The third kappa shape index (κ3) is 3.29. The molecule has 0 aromatic heterocycles. The van der Waals surface area contributed by atoms with Crippen LogP contribution in [0.5, 0.6) is 0 Å². The van der Waals surface area contributed by atoms with E-state index in [1.807, 2.05) is 13.0 Å². The number of nitrogens with zero attached hydrogens (tertiary/aromatic N) is 1. The summed E-state index contributed by atoms with van der Waals surface area (Å²) in [6, 6.07) is 8.93. The molecule has 0 aliphatic rings. The monoisotopic (exact) mass is 280 g/mol. The van der Waals surface area contributed by atoms with E-state index in [0.29, 0.717) is 10.7 Å². The van der Waals surface area contributed by atoms with Crippen molar-refractivity contribution in [3.8, 4) is 0 Å². The predicted octanol–water partition coefficient (Wildman–Crippen LogP) is 4.37. The Kier molecular flexibility index (Phi) is 4.12. The molecule has 2 rings (SSSR count). The maximum absolute atomic E-state index is 13.3. The number of aryl methyl sites for hydroxylation is 1. The molecule has 19 heavy (non-hydrogen) atoms. The second kappa shape index (κ2) is 5.80. The molecule has 1 N–H and O–H groups in total. The molecule has 0 atom stereocenters. The fourth-order valence-corrected chi connectivity index (χ4v) is 1.65. The van der Waals surface area contributed by atoms with Crippen molar-refractivity contribution < 1.29 is 8.78 Å². The van der Waals surface area contributed by atoms with Gasteiger partial charge in [-0.05, 0) is 36.8 Å². The molecule has 0 aliphatic heterocycles. The Morgan fingerprint density at radius 2 is 1.84 bits per heavy atom. The molecule has 0 amide bonds. The summed E-state index contributed by atoms with van der Waals surface area (Å²) in [7, 11) is 0. The van der Waals surface area contributed by atoms with Gasteiger partial charge in [-0.15, -0.1) is 0 Å². The SMILES string of the molecule is Cc1ccc(NN=Cc2c(F)cccc2F)cc1Cl. The lowest BCUT2D eigenvalue weighted by Crippen LogP contribution is -1.96. The summed E-state index contributed by atoms with van der Waals surface area (Å²) < 4.78 is 26.6. The van der Waals surface area contributed by atoms with Crippen LogP contribution in [-0.4, -0.2) is 6.21 Å². The van der Waals surface area contributed by atoms with E-state index in [2.05, 4.69) is 10.5 Å². The smallest absolute Gasteiger partial charge is 0.134 e. The van der Waals surface area contributed by atoms with E-state index in [0.717, 1.165) is 11.8 Å². The zero-order chi connectivity index (χ0) is 13.8. The quantitative estimate of drug-likeness (QED) is 0.655. The summed E-state index contributed by atoms with van der Waals surface area (Å²) in [5.41, 5.74) is 4.06. The summed E-state index contributed by atoms with van der Waals surface area (Å²) in [5, 5.41) is 4.39. The molecule has 5 heteroatoms. The Bertz CT molecular complexity index is 607. The number of hydrogen-bond donors (Lipinski definition) is 1. The van der Waals surface area contributed by atoms with Crippen molar-refractivity contribution >= 4 is 23.5 Å². The zero-order valence-electron chi connectivity index (χ0n) is 10.1. The first-order valence-corrected chi connectivity index (χ1v) is 5.95. The van der Waals surface area contributed by atoms with Crippen LogP contribution in [0.2, 0.25) is 5.02 Å². The van der Waals surface area contributed by atoms with E-state index in [1.54, 1.807) is 12.1 Å². The molecule has 0 saturated carbocycles. The number of hydrazone groups is 1. The lowest BCUT2D eigenvalue weighted by atomic mass is 10.2. The van der Waals surface area contributed by atoms with E-state index in [9.17, 15) is 8.78 Å². The topological polar surface area (TPSA) is 24.4 Å². The van der Waals surface area contributed by atoms with E-state index in [-0.39, 0.29) is 5.56 Å². The number of benzene rings is 2. The number of hydrogen-bond acceptors (Lipinski definition) is 2. The van der Waals surface area contributed by atoms with Crippen molar-refractivity contribution in [1.29, 1.82) is 0 Å². The Balaban J connectivity index is 2.13. The fourth-order valence-electron chi connectivity index (χ4n) is 1.47. The van der Waals surface area contributed by atoms with Crippen LogP contribution in [0.4, 0.5) is 14.5 Å². The van der Waals surface area contributed by atoms with E-state index < -0.39 is 11.6 Å². The van der Waals surface area contributed by atoms with Crippen LogP contribution >= 0.6 is 11.6 Å². The largest absolute Gasteiger partial charge is 0.278 e. The van der Waals surface area contributed by atoms with Gasteiger partial charge in [0.1, 0.15) is 11.6 Å². The van der Waals surface area contributed by atoms with Crippen LogP contribution in [0, 0.1) is 18.6 Å². The number of anilines is 1. The van der Waals surface area contributed by atoms with Crippen LogP contribution in [0.3, 0.4) is 0 Å². The highest BCUT2D eigenvalue weighted by molar-refractivity contribution is 6.31. The summed E-state index contributed by atoms with van der Waals surface area (Å²) in [5.74, 6) is -1.32. The molecule has 0 radical (unpaired) electrons. The van der Waals surface area contributed by atoms with Gasteiger partial charge < -0.3 is 0 Å². The van der Waals surface area contributed by atoms with Gasteiger partial charge in [-0.2, -0.15) is 5.10 Å². The van der Waals surface area contributed by atoms with Gasteiger partial charge in [-0.25, -0.2) is 8.78 Å². The third-order valence-corrected chi connectivity index (χ3v) is 2.97. The maximum Gasteiger partial charge on any atom is 0.134 e. The normalized spacial score (nSPS) is 10.9. The van der Waals surface area contributed by atoms with Gasteiger partial charge in [-0.3, -0.25) is 5.43 Å². The molecule has 0 spiro atoms. The third-order valence-electron chi connectivity index (χ3n) is 2.56. The molecule has 0 bridgehead atoms. The van der Waals surface area contributed by atoms with Gasteiger partial charge in [0, 0.05) is 5.02 Å². The molecule has 0 unspecified atom stereocenters. The molecule has 98 valence electrons. The van der Waals surface area contributed by atoms with Crippen LogP contribution in [0.15, 0.2) is 41.5 Å². The minimum absolute atomic E-state index is 0.187. The van der Waals surface area contributed by atoms with E-state index in [1.165, 1.54) is 18.2 Å². The van der Waals surface area contributed by atoms with Crippen LogP contribution < -0.4 is 5.43 Å². The summed E-state index contributed by atoms with van der Waals surface area (Å²) in [6.07, 6.45) is 1.10. The summed E-state index contributed by atoms with van der Waals surface area (Å²) in [4.78, 5) is 0. The van der Waals surface area contributed by atoms with Crippen molar-refractivity contribution in [2.24, 2.45) is 5.10 Å². The molecular weight excluding hydrogens is 270 g/mol. The zero-order valence-corrected chi connectivity index (χ0v) is 10.9. The lowest BCUT2D eigenvalue weighted by Gasteiger charge is -2.03. The molecular formula is C14H11ClF2N2. The molecule has 0 aliphatic carbocycles. The Morgan fingerprint density at radius 1 is 1.16 bits per heavy atom. The van der Waals surface area contributed by atoms with Crippen molar-refractivity contribution in [2.45, 2.75) is 6.92 Å². The van der Waals surface area contributed by atoms with Gasteiger partial charge in [0.05, 0.1) is 17.5 Å². The van der Waals surface area contributed by atoms with Gasteiger partial charge in [0.15, 0.2) is 0 Å². The average Bonchev–Trinajstić information content (AvgIpc) is 2.37. The molecule has 2 nitrogen and oxygen atoms in total. The number of halogens is 3. The van der Waals surface area contributed by atoms with E-state index in [4.69, 9.17) is 11.6 Å². The van der Waals surface area contributed by atoms with Crippen LogP contribution in [-0.2, 0) is 0 Å². The lowest BCUT2D eigenvalue weighted by molar-refractivity contribution is 0.580. The van der Waals surface area contributed by atoms with Crippen LogP contribution in [0.25, 0.3) is 0 Å². The Morgan fingerprint density at radius 3 is 2.47 bits per heavy atom. The minimum atomic E-state index is -0.660. The predicted molar refractivity (Wildman–Crippen MR) is 73.8 cm³/mol. The fraction of sp³-hybridized carbons (Fsp3) is 0.0714. The van der Waals surface area contributed by atoms with Crippen molar-refractivity contribution in [1.82, 2.24) is 0 Å². The number of nitrogens with one attached hydrogen (secondary N) is 1. The van der Waals surface area contributed by atoms with Gasteiger partial charge >= 0.3 is 0 Å². The average molecular weight is 281 g/mol. The van der Waals surface area contributed by atoms with Gasteiger partial charge in [0.2, 0.25) is 0 Å². The molecule has 2 aromatic carbocycles. The Labute approximate surface area is 114 Å². The Hall–Kier alpha value is -1.94. The highest BCUT2D eigenvalue weighted by Gasteiger charge is 2.04. The first kappa shape index (κ1) is 13.5. The molecule has 0 fully saturated rings. The highest BCUT2D eigenvalue weighted by Crippen LogP contribution is 2.19. The summed E-state index contributed by atoms with van der Waals surface area (Å²) in [6.45, 7) is 1.88. The first-order chi connectivity index (χ1) is 9.08. The van der Waals surface area contributed by atoms with Crippen LogP contribution in [0.1, 0.15) is 11.1 Å². The van der Waals surface area contributed by atoms with Crippen molar-refractivity contribution in [3.05, 3.63) is 64.2 Å². The van der Waals surface area contributed by atoms with Gasteiger partial charge in [-0.1, -0.05) is 23.7 Å². The van der Waals surface area contributed by atoms with Crippen molar-refractivity contribution in [2.75, 3.05) is 5.43 Å². The van der Waals surface area contributed by atoms with Crippen molar-refractivity contribution in [3.63, 3.8) is 0 Å².